The molecule has 136 valence electrons. The first kappa shape index (κ1) is 17.3. The van der Waals surface area contributed by atoms with Gasteiger partial charge in [-0.2, -0.15) is 0 Å². The molecular formula is C19H24BrNO4. The molecule has 2 saturated carbocycles. The fraction of sp³-hybridized carbons (Fsp3) is 0.632. The van der Waals surface area contributed by atoms with Crippen LogP contribution in [-0.2, 0) is 20.9 Å². The summed E-state index contributed by atoms with van der Waals surface area (Å²) in [6.45, 7) is 1.08. The van der Waals surface area contributed by atoms with Crippen LogP contribution in [-0.4, -0.2) is 30.0 Å². The lowest BCUT2D eigenvalue weighted by atomic mass is 9.99. The number of benzene rings is 1. The first-order valence-electron chi connectivity index (χ1n) is 9.09. The summed E-state index contributed by atoms with van der Waals surface area (Å²) in [5.74, 6) is 0.770. The zero-order chi connectivity index (χ0) is 17.4. The largest absolute Gasteiger partial charge is 0.481 e. The van der Waals surface area contributed by atoms with E-state index in [2.05, 4.69) is 27.3 Å². The van der Waals surface area contributed by atoms with Gasteiger partial charge in [-0.15, -0.1) is 0 Å². The second kappa shape index (κ2) is 7.25. The van der Waals surface area contributed by atoms with Crippen LogP contribution in [0.4, 0.5) is 5.69 Å². The van der Waals surface area contributed by atoms with E-state index in [0.717, 1.165) is 27.6 Å². The van der Waals surface area contributed by atoms with Crippen LogP contribution in [0.1, 0.15) is 37.7 Å². The molecule has 2 aliphatic carbocycles. The molecule has 3 aliphatic rings. The van der Waals surface area contributed by atoms with Crippen LogP contribution in [0.5, 0.6) is 0 Å². The molecule has 0 amide bonds. The van der Waals surface area contributed by atoms with Gasteiger partial charge in [0.1, 0.15) is 6.23 Å². The summed E-state index contributed by atoms with van der Waals surface area (Å²) < 4.78 is 12.8. The Bertz CT molecular complexity index is 642. The zero-order valence-corrected chi connectivity index (χ0v) is 15.7. The summed E-state index contributed by atoms with van der Waals surface area (Å²) in [6, 6.07) is 6.05. The van der Waals surface area contributed by atoms with E-state index in [4.69, 9.17) is 9.47 Å². The predicted molar refractivity (Wildman–Crippen MR) is 97.3 cm³/mol. The van der Waals surface area contributed by atoms with Crippen molar-refractivity contribution in [2.75, 3.05) is 11.9 Å². The Labute approximate surface area is 156 Å². The highest BCUT2D eigenvalue weighted by Crippen LogP contribution is 2.52. The van der Waals surface area contributed by atoms with Gasteiger partial charge in [-0.3, -0.25) is 4.79 Å². The van der Waals surface area contributed by atoms with Gasteiger partial charge in [-0.05, 0) is 61.3 Å². The van der Waals surface area contributed by atoms with Gasteiger partial charge in [-0.25, -0.2) is 0 Å². The molecule has 1 aromatic carbocycles. The molecule has 5 nitrogen and oxygen atoms in total. The van der Waals surface area contributed by atoms with Crippen LogP contribution in [0.2, 0.25) is 0 Å². The van der Waals surface area contributed by atoms with Crippen molar-refractivity contribution in [3.63, 3.8) is 0 Å². The molecule has 4 unspecified atom stereocenters. The van der Waals surface area contributed by atoms with Crippen LogP contribution in [0, 0.1) is 17.8 Å². The Morgan fingerprint density at radius 2 is 2.08 bits per heavy atom. The maximum atomic E-state index is 11.2. The van der Waals surface area contributed by atoms with Crippen LogP contribution in [0.3, 0.4) is 0 Å². The number of hydrogen-bond acceptors (Lipinski definition) is 4. The van der Waals surface area contributed by atoms with E-state index in [-0.39, 0.29) is 12.1 Å². The van der Waals surface area contributed by atoms with Crippen LogP contribution in [0.25, 0.3) is 0 Å². The lowest BCUT2D eigenvalue weighted by Gasteiger charge is -2.28. The molecule has 0 bridgehead atoms. The molecular weight excluding hydrogens is 386 g/mol. The number of halogens is 1. The average Bonchev–Trinajstić information content (AvgIpc) is 3.21. The molecule has 2 N–H and O–H groups in total. The summed E-state index contributed by atoms with van der Waals surface area (Å²) in [4.78, 5) is 11.2. The van der Waals surface area contributed by atoms with Crippen LogP contribution >= 0.6 is 15.9 Å². The first-order chi connectivity index (χ1) is 12.1. The minimum absolute atomic E-state index is 0.258. The van der Waals surface area contributed by atoms with E-state index in [1.165, 1.54) is 19.3 Å². The number of fused-ring (bicyclic) bond motifs is 1. The highest BCUT2D eigenvalue weighted by Gasteiger charge is 2.46. The summed E-state index contributed by atoms with van der Waals surface area (Å²) in [7, 11) is 0. The van der Waals surface area contributed by atoms with Gasteiger partial charge >= 0.3 is 5.97 Å². The minimum atomic E-state index is -0.741. The lowest BCUT2D eigenvalue weighted by molar-refractivity contribution is -0.146. The second-order valence-electron chi connectivity index (χ2n) is 7.53. The van der Waals surface area contributed by atoms with Crippen molar-refractivity contribution in [3.05, 3.63) is 28.2 Å². The predicted octanol–water partition coefficient (Wildman–Crippen LogP) is 4.01. The van der Waals surface area contributed by atoms with Crippen molar-refractivity contribution in [3.8, 4) is 0 Å². The standard InChI is InChI=1S/C19H24BrNO4/c20-17-2-1-15(21-18-9-11(19(22)23)3-4-24-18)6-14(17)10-25-16-7-12-5-13(12)8-16/h1-2,6,11-13,16,18,21H,3-5,7-10H2,(H,22,23). The van der Waals surface area contributed by atoms with Crippen molar-refractivity contribution in [1.29, 1.82) is 0 Å². The number of ether oxygens (including phenoxy) is 2. The first-order valence-corrected chi connectivity index (χ1v) is 9.88. The number of carboxylic acid groups (broad SMARTS) is 1. The Morgan fingerprint density at radius 1 is 1.28 bits per heavy atom. The van der Waals surface area contributed by atoms with Crippen LogP contribution in [0.15, 0.2) is 22.7 Å². The van der Waals surface area contributed by atoms with E-state index in [9.17, 15) is 9.90 Å². The van der Waals surface area contributed by atoms with Gasteiger partial charge in [0.25, 0.3) is 0 Å². The second-order valence-corrected chi connectivity index (χ2v) is 8.38. The van der Waals surface area contributed by atoms with Gasteiger partial charge in [0.2, 0.25) is 0 Å². The van der Waals surface area contributed by atoms with E-state index in [1.807, 2.05) is 12.1 Å². The molecule has 4 atom stereocenters. The molecule has 0 spiro atoms. The summed E-state index contributed by atoms with van der Waals surface area (Å²) >= 11 is 3.60. The van der Waals surface area contributed by atoms with E-state index in [1.54, 1.807) is 0 Å². The quantitative estimate of drug-likeness (QED) is 0.742. The maximum absolute atomic E-state index is 11.2. The maximum Gasteiger partial charge on any atom is 0.306 e. The van der Waals surface area contributed by atoms with Gasteiger partial charge in [0.15, 0.2) is 0 Å². The van der Waals surface area contributed by atoms with E-state index in [0.29, 0.717) is 32.2 Å². The third-order valence-electron chi connectivity index (χ3n) is 5.68. The van der Waals surface area contributed by atoms with Gasteiger partial charge in [-0.1, -0.05) is 15.9 Å². The Balaban J connectivity index is 1.34. The third kappa shape index (κ3) is 4.18. The normalized spacial score (nSPS) is 33.7. The molecule has 1 heterocycles. The monoisotopic (exact) mass is 409 g/mol. The third-order valence-corrected chi connectivity index (χ3v) is 6.46. The number of anilines is 1. The van der Waals surface area contributed by atoms with Crippen LogP contribution < -0.4 is 5.32 Å². The average molecular weight is 410 g/mol. The zero-order valence-electron chi connectivity index (χ0n) is 14.1. The summed E-state index contributed by atoms with van der Waals surface area (Å²) in [5.41, 5.74) is 2.04. The summed E-state index contributed by atoms with van der Waals surface area (Å²) in [5, 5.41) is 12.5. The Hall–Kier alpha value is -1.11. The number of carbonyl (C=O) groups is 1. The lowest BCUT2D eigenvalue weighted by Crippen LogP contribution is -2.35. The van der Waals surface area contributed by atoms with Crippen molar-refractivity contribution in [2.24, 2.45) is 17.8 Å². The molecule has 1 saturated heterocycles. The molecule has 4 rings (SSSR count). The number of nitrogens with one attached hydrogen (secondary N) is 1. The van der Waals surface area contributed by atoms with Crippen molar-refractivity contribution >= 4 is 27.6 Å². The fourth-order valence-corrected chi connectivity index (χ4v) is 4.45. The number of hydrogen-bond donors (Lipinski definition) is 2. The molecule has 0 radical (unpaired) electrons. The number of rotatable bonds is 6. The van der Waals surface area contributed by atoms with Crippen molar-refractivity contribution in [1.82, 2.24) is 0 Å². The topological polar surface area (TPSA) is 67.8 Å². The molecule has 1 aromatic rings. The highest BCUT2D eigenvalue weighted by atomic mass is 79.9. The van der Waals surface area contributed by atoms with Crippen molar-refractivity contribution in [2.45, 2.75) is 51.0 Å². The van der Waals surface area contributed by atoms with Gasteiger partial charge < -0.3 is 19.9 Å². The van der Waals surface area contributed by atoms with E-state index >= 15 is 0 Å². The number of carboxylic acids is 1. The van der Waals surface area contributed by atoms with Gasteiger partial charge in [0.05, 0.1) is 18.6 Å². The van der Waals surface area contributed by atoms with E-state index < -0.39 is 5.97 Å². The Morgan fingerprint density at radius 3 is 2.84 bits per heavy atom. The SMILES string of the molecule is O=C(O)C1CCOC(Nc2ccc(Br)c(COC3CC4CC4C3)c2)C1. The smallest absolute Gasteiger partial charge is 0.306 e. The molecule has 3 fully saturated rings. The Kier molecular flexibility index (Phi) is 5.02. The minimum Gasteiger partial charge on any atom is -0.481 e. The van der Waals surface area contributed by atoms with Crippen molar-refractivity contribution < 1.29 is 19.4 Å². The molecule has 6 heteroatoms. The number of aliphatic carboxylic acids is 1. The molecule has 0 aromatic heterocycles. The summed E-state index contributed by atoms with van der Waals surface area (Å²) in [6.07, 6.45) is 5.05. The van der Waals surface area contributed by atoms with Gasteiger partial charge in [0, 0.05) is 23.2 Å². The molecule has 1 aliphatic heterocycles. The fourth-order valence-electron chi connectivity index (χ4n) is 4.09. The highest BCUT2D eigenvalue weighted by molar-refractivity contribution is 9.10. The molecule has 25 heavy (non-hydrogen) atoms.